The van der Waals surface area contributed by atoms with Crippen molar-refractivity contribution >= 4 is 5.97 Å². The van der Waals surface area contributed by atoms with Crippen LogP contribution in [0.4, 0.5) is 0 Å². The van der Waals surface area contributed by atoms with Gasteiger partial charge >= 0.3 is 5.97 Å². The lowest BCUT2D eigenvalue weighted by atomic mass is 9.92. The van der Waals surface area contributed by atoms with Crippen LogP contribution in [0.5, 0.6) is 5.75 Å². The second-order valence-electron chi connectivity index (χ2n) is 8.56. The van der Waals surface area contributed by atoms with E-state index in [2.05, 4.69) is 25.7 Å². The summed E-state index contributed by atoms with van der Waals surface area (Å²) < 4.78 is 22.4. The zero-order valence-corrected chi connectivity index (χ0v) is 18.4. The third kappa shape index (κ3) is 7.04. The number of hydrogen-bond donors (Lipinski definition) is 0. The van der Waals surface area contributed by atoms with Crippen molar-refractivity contribution in [1.29, 1.82) is 0 Å². The summed E-state index contributed by atoms with van der Waals surface area (Å²) in [4.78, 5) is 11.9. The molecule has 1 aromatic rings. The number of rotatable bonds is 11. The molecule has 5 nitrogen and oxygen atoms in total. The van der Waals surface area contributed by atoms with Crippen molar-refractivity contribution in [2.75, 3.05) is 26.9 Å². The van der Waals surface area contributed by atoms with Crippen molar-refractivity contribution in [1.82, 2.24) is 0 Å². The SMILES string of the molecule is COCCCOc1cc(COCCC2C[C@@H](C(C)C)C(=O)O2)ccc1C#CC1CC1. The first-order chi connectivity index (χ1) is 14.6. The van der Waals surface area contributed by atoms with Crippen molar-refractivity contribution in [3.63, 3.8) is 0 Å². The van der Waals surface area contributed by atoms with Crippen LogP contribution in [0, 0.1) is 29.6 Å². The maximum absolute atomic E-state index is 11.9. The Kier molecular flexibility index (Phi) is 8.60. The number of ether oxygens (including phenoxy) is 4. The minimum absolute atomic E-state index is 0.0235. The summed E-state index contributed by atoms with van der Waals surface area (Å²) in [7, 11) is 1.69. The molecule has 1 heterocycles. The second-order valence-corrected chi connectivity index (χ2v) is 8.56. The van der Waals surface area contributed by atoms with Crippen LogP contribution in [0.3, 0.4) is 0 Å². The zero-order chi connectivity index (χ0) is 21.3. The number of carbonyl (C=O) groups is 1. The smallest absolute Gasteiger partial charge is 0.309 e. The van der Waals surface area contributed by atoms with E-state index >= 15 is 0 Å². The van der Waals surface area contributed by atoms with Crippen LogP contribution < -0.4 is 4.74 Å². The maximum Gasteiger partial charge on any atom is 0.309 e. The molecule has 0 spiro atoms. The molecule has 2 aliphatic rings. The molecule has 0 radical (unpaired) electrons. The van der Waals surface area contributed by atoms with Crippen molar-refractivity contribution in [3.05, 3.63) is 29.3 Å². The molecule has 1 aromatic carbocycles. The topological polar surface area (TPSA) is 54.0 Å². The lowest BCUT2D eigenvalue weighted by Gasteiger charge is -2.12. The highest BCUT2D eigenvalue weighted by atomic mass is 16.6. The van der Waals surface area contributed by atoms with E-state index in [0.717, 1.165) is 36.1 Å². The Balaban J connectivity index is 1.49. The van der Waals surface area contributed by atoms with Gasteiger partial charge in [-0.2, -0.15) is 0 Å². The van der Waals surface area contributed by atoms with Crippen LogP contribution in [-0.4, -0.2) is 39.0 Å². The van der Waals surface area contributed by atoms with Crippen molar-refractivity contribution in [3.8, 4) is 17.6 Å². The van der Waals surface area contributed by atoms with Crippen LogP contribution >= 0.6 is 0 Å². The first-order valence-electron chi connectivity index (χ1n) is 11.1. The molecule has 164 valence electrons. The van der Waals surface area contributed by atoms with E-state index in [1.54, 1.807) is 7.11 Å². The van der Waals surface area contributed by atoms with Gasteiger partial charge in [-0.25, -0.2) is 0 Å². The lowest BCUT2D eigenvalue weighted by Crippen LogP contribution is -2.13. The number of benzene rings is 1. The van der Waals surface area contributed by atoms with E-state index in [0.29, 0.717) is 38.3 Å². The van der Waals surface area contributed by atoms with Gasteiger partial charge in [0.15, 0.2) is 0 Å². The fraction of sp³-hybridized carbons (Fsp3) is 0.640. The molecule has 0 bridgehead atoms. The van der Waals surface area contributed by atoms with E-state index in [-0.39, 0.29) is 18.0 Å². The van der Waals surface area contributed by atoms with Crippen molar-refractivity contribution in [2.45, 2.75) is 58.7 Å². The Labute approximate surface area is 180 Å². The molecule has 1 unspecified atom stereocenters. The van der Waals surface area contributed by atoms with E-state index in [4.69, 9.17) is 18.9 Å². The van der Waals surface area contributed by atoms with Crippen molar-refractivity contribution in [2.24, 2.45) is 17.8 Å². The highest BCUT2D eigenvalue weighted by molar-refractivity contribution is 5.74. The van der Waals surface area contributed by atoms with Gasteiger partial charge in [0.1, 0.15) is 11.9 Å². The van der Waals surface area contributed by atoms with Gasteiger partial charge in [-0.05, 0) is 42.9 Å². The molecule has 1 aliphatic heterocycles. The molecule has 30 heavy (non-hydrogen) atoms. The van der Waals surface area contributed by atoms with Gasteiger partial charge in [0.05, 0.1) is 31.3 Å². The normalized spacial score (nSPS) is 20.7. The largest absolute Gasteiger partial charge is 0.492 e. The monoisotopic (exact) mass is 414 g/mol. The summed E-state index contributed by atoms with van der Waals surface area (Å²) in [6.07, 6.45) is 4.76. The fourth-order valence-electron chi connectivity index (χ4n) is 3.48. The highest BCUT2D eigenvalue weighted by Gasteiger charge is 2.35. The third-order valence-electron chi connectivity index (χ3n) is 5.54. The molecule has 0 N–H and O–H groups in total. The Morgan fingerprint density at radius 1 is 1.20 bits per heavy atom. The van der Waals surface area contributed by atoms with Gasteiger partial charge in [-0.3, -0.25) is 4.79 Å². The van der Waals surface area contributed by atoms with Gasteiger partial charge < -0.3 is 18.9 Å². The minimum atomic E-state index is -0.0619. The summed E-state index contributed by atoms with van der Waals surface area (Å²) >= 11 is 0. The quantitative estimate of drug-likeness (QED) is 0.306. The fourth-order valence-corrected chi connectivity index (χ4v) is 3.48. The Bertz CT molecular complexity index is 757. The first-order valence-corrected chi connectivity index (χ1v) is 11.1. The summed E-state index contributed by atoms with van der Waals surface area (Å²) in [5, 5.41) is 0. The van der Waals surface area contributed by atoms with Crippen LogP contribution in [0.2, 0.25) is 0 Å². The molecule has 0 amide bonds. The van der Waals surface area contributed by atoms with E-state index in [9.17, 15) is 4.79 Å². The number of carbonyl (C=O) groups excluding carboxylic acids is 1. The predicted octanol–water partition coefficient (Wildman–Crippen LogP) is 4.36. The molecule has 1 aliphatic carbocycles. The van der Waals surface area contributed by atoms with Crippen LogP contribution in [-0.2, 0) is 25.6 Å². The number of cyclic esters (lactones) is 1. The molecular formula is C25H34O5. The summed E-state index contributed by atoms with van der Waals surface area (Å²) in [6.45, 7) is 6.47. The molecule has 2 fully saturated rings. The Hall–Kier alpha value is -2.03. The number of esters is 1. The summed E-state index contributed by atoms with van der Waals surface area (Å²) in [6, 6.07) is 6.09. The Morgan fingerprint density at radius 3 is 2.73 bits per heavy atom. The lowest BCUT2D eigenvalue weighted by molar-refractivity contribution is -0.145. The highest BCUT2D eigenvalue weighted by Crippen LogP contribution is 2.30. The third-order valence-corrected chi connectivity index (χ3v) is 5.54. The second kappa shape index (κ2) is 11.4. The number of hydrogen-bond acceptors (Lipinski definition) is 5. The average molecular weight is 415 g/mol. The van der Waals surface area contributed by atoms with Gasteiger partial charge in [0, 0.05) is 32.5 Å². The molecule has 3 rings (SSSR count). The number of methoxy groups -OCH3 is 1. The first kappa shape index (κ1) is 22.7. The zero-order valence-electron chi connectivity index (χ0n) is 18.4. The van der Waals surface area contributed by atoms with Gasteiger partial charge in [-0.1, -0.05) is 31.8 Å². The van der Waals surface area contributed by atoms with Gasteiger partial charge in [-0.15, -0.1) is 0 Å². The summed E-state index contributed by atoms with van der Waals surface area (Å²) in [5.41, 5.74) is 1.98. The van der Waals surface area contributed by atoms with Crippen LogP contribution in [0.15, 0.2) is 18.2 Å². The predicted molar refractivity (Wildman–Crippen MR) is 115 cm³/mol. The molecule has 0 aromatic heterocycles. The standard InChI is InChI=1S/C25H34O5/c1-18(2)23-16-22(30-25(23)26)11-14-28-17-20-8-10-21(9-7-19-5-6-19)24(15-20)29-13-4-12-27-3/h8,10,15,18-19,22-23H,4-6,11-14,16-17H2,1-3H3/t22?,23-/m0/s1. The van der Waals surface area contributed by atoms with E-state index in [1.165, 1.54) is 12.8 Å². The van der Waals surface area contributed by atoms with Crippen molar-refractivity contribution < 1.29 is 23.7 Å². The van der Waals surface area contributed by atoms with Gasteiger partial charge in [0.2, 0.25) is 0 Å². The molecular weight excluding hydrogens is 380 g/mol. The molecule has 1 saturated heterocycles. The minimum Gasteiger partial charge on any atom is -0.492 e. The van der Waals surface area contributed by atoms with Gasteiger partial charge in [0.25, 0.3) is 0 Å². The average Bonchev–Trinajstić information content (AvgIpc) is 3.48. The van der Waals surface area contributed by atoms with Crippen LogP contribution in [0.1, 0.15) is 57.1 Å². The maximum atomic E-state index is 11.9. The molecule has 5 heteroatoms. The van der Waals surface area contributed by atoms with E-state index in [1.807, 2.05) is 18.2 Å². The molecule has 2 atom stereocenters. The Morgan fingerprint density at radius 2 is 2.03 bits per heavy atom. The van der Waals surface area contributed by atoms with E-state index < -0.39 is 0 Å². The molecule has 1 saturated carbocycles. The summed E-state index contributed by atoms with van der Waals surface area (Å²) in [5.74, 6) is 8.22. The van der Waals surface area contributed by atoms with Crippen LogP contribution in [0.25, 0.3) is 0 Å².